The lowest BCUT2D eigenvalue weighted by atomic mass is 9.96. The Morgan fingerprint density at radius 2 is 2.26 bits per heavy atom. The van der Waals surface area contributed by atoms with Crippen molar-refractivity contribution in [1.29, 1.82) is 0 Å². The fraction of sp³-hybridized carbons (Fsp3) is 0.929. The van der Waals surface area contributed by atoms with E-state index in [1.54, 1.807) is 0 Å². The van der Waals surface area contributed by atoms with Crippen LogP contribution in [-0.4, -0.2) is 50.6 Å². The van der Waals surface area contributed by atoms with Gasteiger partial charge in [-0.3, -0.25) is 4.79 Å². The summed E-state index contributed by atoms with van der Waals surface area (Å²) in [5.74, 6) is -0.180. The number of esters is 1. The molecular formula is C14H27NO4. The molecule has 2 unspecified atom stereocenters. The van der Waals surface area contributed by atoms with Gasteiger partial charge in [-0.05, 0) is 39.7 Å². The van der Waals surface area contributed by atoms with Crippen molar-refractivity contribution in [2.24, 2.45) is 0 Å². The van der Waals surface area contributed by atoms with Crippen LogP contribution in [-0.2, 0) is 19.0 Å². The molecule has 0 spiro atoms. The third-order valence-electron chi connectivity index (χ3n) is 3.36. The largest absolute Gasteiger partial charge is 0.465 e. The second kappa shape index (κ2) is 8.51. The molecule has 0 aliphatic carbocycles. The lowest BCUT2D eigenvalue weighted by molar-refractivity contribution is -0.151. The SMILES string of the molecule is CCNC(C)(CCCOC1CCOC1)C(=O)OCC. The van der Waals surface area contributed by atoms with E-state index in [1.165, 1.54) is 0 Å². The third-order valence-corrected chi connectivity index (χ3v) is 3.36. The third kappa shape index (κ3) is 5.47. The highest BCUT2D eigenvalue weighted by Crippen LogP contribution is 2.16. The van der Waals surface area contributed by atoms with E-state index in [-0.39, 0.29) is 12.1 Å². The lowest BCUT2D eigenvalue weighted by Crippen LogP contribution is -2.50. The number of likely N-dealkylation sites (N-methyl/N-ethyl adjacent to an activating group) is 1. The minimum Gasteiger partial charge on any atom is -0.465 e. The van der Waals surface area contributed by atoms with Gasteiger partial charge in [0.05, 0.1) is 19.3 Å². The molecule has 0 aromatic heterocycles. The van der Waals surface area contributed by atoms with Gasteiger partial charge in [0.25, 0.3) is 0 Å². The smallest absolute Gasteiger partial charge is 0.326 e. The van der Waals surface area contributed by atoms with Gasteiger partial charge in [0.1, 0.15) is 5.54 Å². The summed E-state index contributed by atoms with van der Waals surface area (Å²) < 4.78 is 16.1. The second-order valence-corrected chi connectivity index (χ2v) is 5.04. The van der Waals surface area contributed by atoms with Gasteiger partial charge in [-0.2, -0.15) is 0 Å². The van der Waals surface area contributed by atoms with Crippen LogP contribution in [0.5, 0.6) is 0 Å². The van der Waals surface area contributed by atoms with Crippen LogP contribution in [0.2, 0.25) is 0 Å². The molecule has 5 nitrogen and oxygen atoms in total. The van der Waals surface area contributed by atoms with Gasteiger partial charge in [0.2, 0.25) is 0 Å². The molecule has 1 aliphatic heterocycles. The van der Waals surface area contributed by atoms with Gasteiger partial charge in [0, 0.05) is 13.2 Å². The molecule has 1 heterocycles. The molecule has 0 bridgehead atoms. The van der Waals surface area contributed by atoms with Gasteiger partial charge in [-0.15, -0.1) is 0 Å². The zero-order valence-corrected chi connectivity index (χ0v) is 12.4. The first kappa shape index (κ1) is 16.4. The van der Waals surface area contributed by atoms with Crippen LogP contribution in [0, 0.1) is 0 Å². The molecule has 2 atom stereocenters. The Bertz CT molecular complexity index is 266. The van der Waals surface area contributed by atoms with Crippen LogP contribution < -0.4 is 5.32 Å². The summed E-state index contributed by atoms with van der Waals surface area (Å²) >= 11 is 0. The van der Waals surface area contributed by atoms with Gasteiger partial charge in [-0.25, -0.2) is 0 Å². The Morgan fingerprint density at radius 3 is 2.84 bits per heavy atom. The molecule has 0 saturated carbocycles. The maximum Gasteiger partial charge on any atom is 0.326 e. The van der Waals surface area contributed by atoms with E-state index in [1.807, 2.05) is 20.8 Å². The molecule has 0 aromatic carbocycles. The summed E-state index contributed by atoms with van der Waals surface area (Å²) in [6.45, 7) is 9.02. The van der Waals surface area contributed by atoms with Gasteiger partial charge in [0.15, 0.2) is 0 Å². The van der Waals surface area contributed by atoms with Crippen LogP contribution in [0.1, 0.15) is 40.0 Å². The van der Waals surface area contributed by atoms with Crippen LogP contribution >= 0.6 is 0 Å². The number of hydrogen-bond acceptors (Lipinski definition) is 5. The first-order valence-electron chi connectivity index (χ1n) is 7.24. The van der Waals surface area contributed by atoms with Crippen LogP contribution in [0.25, 0.3) is 0 Å². The number of nitrogens with one attached hydrogen (secondary N) is 1. The van der Waals surface area contributed by atoms with Crippen molar-refractivity contribution in [3.8, 4) is 0 Å². The molecule has 0 radical (unpaired) electrons. The van der Waals surface area contributed by atoms with Gasteiger partial charge >= 0.3 is 5.97 Å². The minimum atomic E-state index is -0.611. The van der Waals surface area contributed by atoms with E-state index in [4.69, 9.17) is 14.2 Å². The standard InChI is InChI=1S/C14H27NO4/c1-4-15-14(3,13(16)18-5-2)8-6-9-19-12-7-10-17-11-12/h12,15H,4-11H2,1-3H3. The lowest BCUT2D eigenvalue weighted by Gasteiger charge is -2.28. The average molecular weight is 273 g/mol. The zero-order valence-electron chi connectivity index (χ0n) is 12.4. The molecule has 1 aliphatic rings. The summed E-state index contributed by atoms with van der Waals surface area (Å²) in [5, 5.41) is 3.22. The van der Waals surface area contributed by atoms with Crippen molar-refractivity contribution >= 4 is 5.97 Å². The van der Waals surface area contributed by atoms with Crippen molar-refractivity contribution < 1.29 is 19.0 Å². The Labute approximate surface area is 116 Å². The summed E-state index contributed by atoms with van der Waals surface area (Å²) in [5.41, 5.74) is -0.611. The van der Waals surface area contributed by atoms with E-state index in [0.29, 0.717) is 26.2 Å². The topological polar surface area (TPSA) is 56.8 Å². The first-order valence-corrected chi connectivity index (χ1v) is 7.24. The highest BCUT2D eigenvalue weighted by atomic mass is 16.5. The maximum absolute atomic E-state index is 12.0. The molecule has 1 rings (SSSR count). The second-order valence-electron chi connectivity index (χ2n) is 5.04. The fourth-order valence-electron chi connectivity index (χ4n) is 2.26. The molecule has 0 aromatic rings. The van der Waals surface area contributed by atoms with Crippen LogP contribution in [0.15, 0.2) is 0 Å². The van der Waals surface area contributed by atoms with E-state index in [0.717, 1.165) is 26.0 Å². The number of ether oxygens (including phenoxy) is 3. The van der Waals surface area contributed by atoms with Crippen LogP contribution in [0.4, 0.5) is 0 Å². The number of carbonyl (C=O) groups is 1. The highest BCUT2D eigenvalue weighted by molar-refractivity contribution is 5.80. The van der Waals surface area contributed by atoms with Crippen molar-refractivity contribution in [2.45, 2.75) is 51.7 Å². The Kier molecular flexibility index (Phi) is 7.34. The summed E-state index contributed by atoms with van der Waals surface area (Å²) in [4.78, 5) is 12.0. The number of carbonyl (C=O) groups excluding carboxylic acids is 1. The van der Waals surface area contributed by atoms with E-state index < -0.39 is 5.54 Å². The molecule has 5 heteroatoms. The Balaban J connectivity index is 2.29. The first-order chi connectivity index (χ1) is 9.12. The predicted molar refractivity (Wildman–Crippen MR) is 73.1 cm³/mol. The Morgan fingerprint density at radius 1 is 1.47 bits per heavy atom. The predicted octanol–water partition coefficient (Wildman–Crippen LogP) is 1.50. The number of hydrogen-bond donors (Lipinski definition) is 1. The average Bonchev–Trinajstić information content (AvgIpc) is 2.88. The maximum atomic E-state index is 12.0. The van der Waals surface area contributed by atoms with Crippen molar-refractivity contribution in [2.75, 3.05) is 33.0 Å². The van der Waals surface area contributed by atoms with Gasteiger partial charge in [-0.1, -0.05) is 6.92 Å². The molecular weight excluding hydrogens is 246 g/mol. The quantitative estimate of drug-likeness (QED) is 0.510. The minimum absolute atomic E-state index is 0.180. The molecule has 1 saturated heterocycles. The molecule has 1 N–H and O–H groups in total. The van der Waals surface area contributed by atoms with Crippen molar-refractivity contribution in [1.82, 2.24) is 5.32 Å². The Hall–Kier alpha value is -0.650. The van der Waals surface area contributed by atoms with Gasteiger partial charge < -0.3 is 19.5 Å². The molecule has 0 amide bonds. The van der Waals surface area contributed by atoms with E-state index in [9.17, 15) is 4.79 Å². The molecule has 112 valence electrons. The molecule has 19 heavy (non-hydrogen) atoms. The van der Waals surface area contributed by atoms with Crippen LogP contribution in [0.3, 0.4) is 0 Å². The monoisotopic (exact) mass is 273 g/mol. The summed E-state index contributed by atoms with van der Waals surface area (Å²) in [6.07, 6.45) is 2.75. The zero-order chi connectivity index (χ0) is 14.1. The summed E-state index contributed by atoms with van der Waals surface area (Å²) in [6, 6.07) is 0. The molecule has 1 fully saturated rings. The fourth-order valence-corrected chi connectivity index (χ4v) is 2.26. The van der Waals surface area contributed by atoms with E-state index >= 15 is 0 Å². The normalized spacial score (nSPS) is 22.2. The highest BCUT2D eigenvalue weighted by Gasteiger charge is 2.33. The summed E-state index contributed by atoms with van der Waals surface area (Å²) in [7, 11) is 0. The number of rotatable bonds is 9. The van der Waals surface area contributed by atoms with Crippen molar-refractivity contribution in [3.05, 3.63) is 0 Å². The van der Waals surface area contributed by atoms with Crippen molar-refractivity contribution in [3.63, 3.8) is 0 Å². The van der Waals surface area contributed by atoms with E-state index in [2.05, 4.69) is 5.32 Å².